The Bertz CT molecular complexity index is 1330. The molecule has 1 saturated heterocycles. The molecule has 2 aliphatic heterocycles. The van der Waals surface area contributed by atoms with Gasteiger partial charge in [0.15, 0.2) is 9.84 Å². The molecule has 2 aliphatic rings. The standard InChI is InChI=1S/C23H17ClN2O4S/c24-17-9-6-10-18(13-17)26-21(27)15-31(29,30)23(26)19-11-4-5-12-20(19)25(22(23)28)14-16-7-2-1-3-8-16/h1-13H,14-15H2/t23-/m1/s1. The summed E-state index contributed by atoms with van der Waals surface area (Å²) in [6, 6.07) is 22.4. The summed E-state index contributed by atoms with van der Waals surface area (Å²) in [6.45, 7) is 0.186. The Hall–Kier alpha value is -3.16. The third kappa shape index (κ3) is 2.73. The normalized spacial score (nSPS) is 21.7. The van der Waals surface area contributed by atoms with Crippen LogP contribution in [0.15, 0.2) is 78.9 Å². The zero-order chi connectivity index (χ0) is 21.8. The summed E-state index contributed by atoms with van der Waals surface area (Å²) in [5.74, 6) is -2.07. The Kier molecular flexibility index (Phi) is 4.42. The summed E-state index contributed by atoms with van der Waals surface area (Å²) < 4.78 is 27.0. The number of rotatable bonds is 3. The van der Waals surface area contributed by atoms with Crippen molar-refractivity contribution < 1.29 is 18.0 Å². The van der Waals surface area contributed by atoms with E-state index in [-0.39, 0.29) is 17.8 Å². The molecule has 5 rings (SSSR count). The molecule has 1 fully saturated rings. The summed E-state index contributed by atoms with van der Waals surface area (Å²) in [5, 5.41) is 0.338. The number of hydrogen-bond acceptors (Lipinski definition) is 4. The molecule has 0 unspecified atom stereocenters. The van der Waals surface area contributed by atoms with Crippen molar-refractivity contribution in [3.05, 3.63) is 95.0 Å². The molecule has 0 radical (unpaired) electrons. The minimum absolute atomic E-state index is 0.186. The predicted octanol–water partition coefficient (Wildman–Crippen LogP) is 3.50. The number of sulfone groups is 1. The van der Waals surface area contributed by atoms with Gasteiger partial charge in [-0.15, -0.1) is 0 Å². The number of halogens is 1. The molecule has 1 atom stereocenters. The Morgan fingerprint density at radius 3 is 2.35 bits per heavy atom. The molecule has 0 saturated carbocycles. The first-order valence-corrected chi connectivity index (χ1v) is 11.7. The lowest BCUT2D eigenvalue weighted by Gasteiger charge is -2.32. The number of carbonyl (C=O) groups is 2. The highest BCUT2D eigenvalue weighted by atomic mass is 35.5. The number of fused-ring (bicyclic) bond motifs is 2. The van der Waals surface area contributed by atoms with E-state index in [0.29, 0.717) is 10.7 Å². The number of hydrogen-bond donors (Lipinski definition) is 0. The van der Waals surface area contributed by atoms with Crippen LogP contribution in [0.1, 0.15) is 11.1 Å². The minimum Gasteiger partial charge on any atom is -0.304 e. The van der Waals surface area contributed by atoms with Gasteiger partial charge in [0, 0.05) is 16.3 Å². The van der Waals surface area contributed by atoms with Gasteiger partial charge < -0.3 is 4.90 Å². The number of anilines is 2. The molecule has 3 aromatic carbocycles. The summed E-state index contributed by atoms with van der Waals surface area (Å²) in [7, 11) is -4.19. The molecule has 31 heavy (non-hydrogen) atoms. The van der Waals surface area contributed by atoms with Gasteiger partial charge >= 0.3 is 0 Å². The topological polar surface area (TPSA) is 74.8 Å². The van der Waals surface area contributed by atoms with Crippen LogP contribution in [0, 0.1) is 0 Å². The second-order valence-electron chi connectivity index (χ2n) is 7.51. The van der Waals surface area contributed by atoms with Gasteiger partial charge in [-0.2, -0.15) is 0 Å². The van der Waals surface area contributed by atoms with Crippen LogP contribution in [0.3, 0.4) is 0 Å². The number of benzene rings is 3. The molecule has 8 heteroatoms. The SMILES string of the molecule is O=C1CS(=O)(=O)[C@]2(C(=O)N(Cc3ccccc3)c3ccccc32)N1c1cccc(Cl)c1. The fourth-order valence-electron chi connectivity index (χ4n) is 4.43. The van der Waals surface area contributed by atoms with Crippen LogP contribution in [0.4, 0.5) is 11.4 Å². The smallest absolute Gasteiger partial charge is 0.274 e. The summed E-state index contributed by atoms with van der Waals surface area (Å²) in [6.07, 6.45) is 0. The first-order valence-electron chi connectivity index (χ1n) is 9.62. The lowest BCUT2D eigenvalue weighted by Crippen LogP contribution is -2.54. The second-order valence-corrected chi connectivity index (χ2v) is 10.1. The number of para-hydroxylation sites is 1. The van der Waals surface area contributed by atoms with Crippen molar-refractivity contribution in [3.63, 3.8) is 0 Å². The lowest BCUT2D eigenvalue weighted by atomic mass is 10.0. The number of carbonyl (C=O) groups excluding carboxylic acids is 2. The van der Waals surface area contributed by atoms with Gasteiger partial charge in [-0.05, 0) is 29.8 Å². The van der Waals surface area contributed by atoms with E-state index >= 15 is 0 Å². The second kappa shape index (κ2) is 6.93. The van der Waals surface area contributed by atoms with Crippen molar-refractivity contribution in [2.45, 2.75) is 11.4 Å². The van der Waals surface area contributed by atoms with Crippen LogP contribution in [0.2, 0.25) is 5.02 Å². The third-order valence-electron chi connectivity index (χ3n) is 5.67. The van der Waals surface area contributed by atoms with Crippen molar-refractivity contribution in [3.8, 4) is 0 Å². The van der Waals surface area contributed by atoms with E-state index in [9.17, 15) is 18.0 Å². The van der Waals surface area contributed by atoms with E-state index in [4.69, 9.17) is 11.6 Å². The monoisotopic (exact) mass is 452 g/mol. The molecule has 156 valence electrons. The Morgan fingerprint density at radius 2 is 1.61 bits per heavy atom. The predicted molar refractivity (Wildman–Crippen MR) is 118 cm³/mol. The quantitative estimate of drug-likeness (QED) is 0.609. The maximum absolute atomic E-state index is 13.9. The van der Waals surface area contributed by atoms with Crippen LogP contribution in [0.25, 0.3) is 0 Å². The van der Waals surface area contributed by atoms with E-state index in [2.05, 4.69) is 0 Å². The van der Waals surface area contributed by atoms with E-state index in [1.165, 1.54) is 11.0 Å². The Morgan fingerprint density at radius 1 is 0.903 bits per heavy atom. The molecular weight excluding hydrogens is 436 g/mol. The molecule has 6 nitrogen and oxygen atoms in total. The molecule has 0 bridgehead atoms. The van der Waals surface area contributed by atoms with Gasteiger partial charge in [0.25, 0.3) is 10.8 Å². The summed E-state index contributed by atoms with van der Waals surface area (Å²) in [4.78, 5) is 27.3. The maximum Gasteiger partial charge on any atom is 0.274 e. The summed E-state index contributed by atoms with van der Waals surface area (Å²) in [5.41, 5.74) is 1.87. The van der Waals surface area contributed by atoms with E-state index in [1.807, 2.05) is 30.3 Å². The molecule has 0 N–H and O–H groups in total. The number of amides is 2. The minimum atomic E-state index is -4.19. The van der Waals surface area contributed by atoms with Gasteiger partial charge in [0.1, 0.15) is 5.75 Å². The third-order valence-corrected chi connectivity index (χ3v) is 8.01. The highest BCUT2D eigenvalue weighted by Crippen LogP contribution is 2.52. The fraction of sp³-hybridized carbons (Fsp3) is 0.130. The van der Waals surface area contributed by atoms with Gasteiger partial charge in [-0.3, -0.25) is 14.5 Å². The van der Waals surface area contributed by atoms with Crippen LogP contribution in [-0.4, -0.2) is 26.0 Å². The average molecular weight is 453 g/mol. The molecule has 1 spiro atoms. The Balaban J connectivity index is 1.76. The van der Waals surface area contributed by atoms with Crippen molar-refractivity contribution in [2.24, 2.45) is 0 Å². The van der Waals surface area contributed by atoms with Crippen molar-refractivity contribution in [1.82, 2.24) is 0 Å². The molecule has 0 aromatic heterocycles. The summed E-state index contributed by atoms with van der Waals surface area (Å²) >= 11 is 6.13. The Labute approximate surface area is 184 Å². The van der Waals surface area contributed by atoms with Crippen LogP contribution in [0.5, 0.6) is 0 Å². The average Bonchev–Trinajstić information content (AvgIpc) is 3.12. The van der Waals surface area contributed by atoms with Gasteiger partial charge in [-0.1, -0.05) is 66.2 Å². The largest absolute Gasteiger partial charge is 0.304 e. The highest BCUT2D eigenvalue weighted by molar-refractivity contribution is 7.94. The van der Waals surface area contributed by atoms with E-state index in [1.54, 1.807) is 42.5 Å². The van der Waals surface area contributed by atoms with Gasteiger partial charge in [0.2, 0.25) is 5.91 Å². The lowest BCUT2D eigenvalue weighted by molar-refractivity contribution is -0.123. The van der Waals surface area contributed by atoms with Crippen LogP contribution < -0.4 is 9.80 Å². The first-order chi connectivity index (χ1) is 14.9. The first kappa shape index (κ1) is 19.8. The molecule has 2 heterocycles. The van der Waals surface area contributed by atoms with Crippen molar-refractivity contribution in [1.29, 1.82) is 0 Å². The van der Waals surface area contributed by atoms with Crippen LogP contribution in [-0.2, 0) is 30.8 Å². The fourth-order valence-corrected chi connectivity index (χ4v) is 6.65. The van der Waals surface area contributed by atoms with Crippen molar-refractivity contribution >= 4 is 44.6 Å². The molecular formula is C23H17ClN2O4S. The van der Waals surface area contributed by atoms with E-state index in [0.717, 1.165) is 10.5 Å². The van der Waals surface area contributed by atoms with Gasteiger partial charge in [-0.25, -0.2) is 8.42 Å². The molecule has 2 amide bonds. The number of nitrogens with zero attached hydrogens (tertiary/aromatic N) is 2. The maximum atomic E-state index is 13.9. The molecule has 3 aromatic rings. The zero-order valence-electron chi connectivity index (χ0n) is 16.2. The molecule has 0 aliphatic carbocycles. The van der Waals surface area contributed by atoms with Crippen molar-refractivity contribution in [2.75, 3.05) is 15.6 Å². The van der Waals surface area contributed by atoms with Gasteiger partial charge in [0.05, 0.1) is 12.2 Å². The van der Waals surface area contributed by atoms with Crippen LogP contribution >= 0.6 is 11.6 Å². The zero-order valence-corrected chi connectivity index (χ0v) is 17.8. The van der Waals surface area contributed by atoms with E-state index < -0.39 is 32.3 Å². The highest BCUT2D eigenvalue weighted by Gasteiger charge is 2.69.